The van der Waals surface area contributed by atoms with E-state index in [0.29, 0.717) is 18.9 Å². The molecule has 2 unspecified atom stereocenters. The maximum absolute atomic E-state index is 12.5. The minimum Gasteiger partial charge on any atom is -0.480 e. The first-order valence-electron chi connectivity index (χ1n) is 6.79. The molecular formula is C14H16Cl2N2O3. The van der Waals surface area contributed by atoms with Gasteiger partial charge in [0.05, 0.1) is 5.56 Å². The summed E-state index contributed by atoms with van der Waals surface area (Å²) in [6.07, 6.45) is 2.18. The lowest BCUT2D eigenvalue weighted by Crippen LogP contribution is -2.50. The minimum atomic E-state index is -0.987. The summed E-state index contributed by atoms with van der Waals surface area (Å²) in [7, 11) is 0. The minimum absolute atomic E-state index is 0.00532. The second kappa shape index (κ2) is 6.62. The Morgan fingerprint density at radius 3 is 2.71 bits per heavy atom. The summed E-state index contributed by atoms with van der Waals surface area (Å²) in [6.45, 7) is 2.44. The van der Waals surface area contributed by atoms with Crippen LogP contribution in [0.1, 0.15) is 36.5 Å². The highest BCUT2D eigenvalue weighted by molar-refractivity contribution is 6.34. The Morgan fingerprint density at radius 2 is 2.14 bits per heavy atom. The topological polar surface area (TPSA) is 70.5 Å². The first-order valence-corrected chi connectivity index (χ1v) is 7.55. The number of rotatable bonds is 3. The van der Waals surface area contributed by atoms with E-state index < -0.39 is 17.9 Å². The highest BCUT2D eigenvalue weighted by atomic mass is 35.5. The number of carbonyl (C=O) groups excluding carboxylic acids is 1. The van der Waals surface area contributed by atoms with Crippen molar-refractivity contribution in [3.8, 4) is 0 Å². The van der Waals surface area contributed by atoms with Crippen LogP contribution in [0.25, 0.3) is 0 Å². The molecule has 1 aliphatic rings. The fourth-order valence-corrected chi connectivity index (χ4v) is 3.04. The van der Waals surface area contributed by atoms with Crippen LogP contribution in [0.15, 0.2) is 12.1 Å². The Bertz CT molecular complexity index is 565. The van der Waals surface area contributed by atoms with Crippen LogP contribution >= 0.6 is 23.2 Å². The van der Waals surface area contributed by atoms with E-state index >= 15 is 0 Å². The molecule has 0 bridgehead atoms. The summed E-state index contributed by atoms with van der Waals surface area (Å²) >= 11 is 11.6. The molecule has 114 valence electrons. The van der Waals surface area contributed by atoms with E-state index in [1.54, 1.807) is 0 Å². The molecule has 0 saturated carbocycles. The molecule has 2 rings (SSSR count). The van der Waals surface area contributed by atoms with Crippen molar-refractivity contribution in [2.45, 2.75) is 32.2 Å². The van der Waals surface area contributed by atoms with Gasteiger partial charge in [0, 0.05) is 6.54 Å². The molecule has 21 heavy (non-hydrogen) atoms. The van der Waals surface area contributed by atoms with Crippen LogP contribution in [0.3, 0.4) is 0 Å². The number of pyridine rings is 1. The van der Waals surface area contributed by atoms with Gasteiger partial charge in [-0.3, -0.25) is 4.79 Å². The van der Waals surface area contributed by atoms with Gasteiger partial charge in [0.2, 0.25) is 0 Å². The molecule has 0 aliphatic carbocycles. The smallest absolute Gasteiger partial charge is 0.326 e. The van der Waals surface area contributed by atoms with Crippen molar-refractivity contribution < 1.29 is 14.7 Å². The first kappa shape index (κ1) is 16.0. The fraction of sp³-hybridized carbons (Fsp3) is 0.500. The number of piperidine rings is 1. The monoisotopic (exact) mass is 330 g/mol. The molecular weight excluding hydrogens is 315 g/mol. The summed E-state index contributed by atoms with van der Waals surface area (Å²) < 4.78 is 0. The van der Waals surface area contributed by atoms with Crippen molar-refractivity contribution in [3.63, 3.8) is 0 Å². The summed E-state index contributed by atoms with van der Waals surface area (Å²) in [5, 5.41) is 9.55. The summed E-state index contributed by atoms with van der Waals surface area (Å²) in [5.74, 6) is -1.07. The zero-order valence-corrected chi connectivity index (χ0v) is 13.1. The molecule has 0 radical (unpaired) electrons. The Balaban J connectivity index is 2.26. The van der Waals surface area contributed by atoms with Crippen molar-refractivity contribution >= 4 is 35.1 Å². The second-order valence-corrected chi connectivity index (χ2v) is 5.87. The predicted molar refractivity (Wildman–Crippen MR) is 79.7 cm³/mol. The molecule has 1 aromatic heterocycles. The van der Waals surface area contributed by atoms with Gasteiger partial charge in [-0.25, -0.2) is 9.78 Å². The van der Waals surface area contributed by atoms with Crippen LogP contribution in [0.4, 0.5) is 0 Å². The number of aromatic nitrogens is 1. The van der Waals surface area contributed by atoms with Gasteiger partial charge in [-0.15, -0.1) is 0 Å². The number of hydrogen-bond acceptors (Lipinski definition) is 3. The number of carboxylic acid groups (broad SMARTS) is 1. The zero-order chi connectivity index (χ0) is 15.6. The lowest BCUT2D eigenvalue weighted by Gasteiger charge is -2.37. The molecule has 1 amide bonds. The number of carbonyl (C=O) groups is 2. The number of nitrogens with zero attached hydrogens (tertiary/aromatic N) is 2. The van der Waals surface area contributed by atoms with Crippen molar-refractivity contribution in [1.29, 1.82) is 0 Å². The average molecular weight is 331 g/mol. The standard InChI is InChI=1S/C14H16Cl2N2O3/c1-2-8-5-6-18(10(7-8)14(20)21)13(19)9-3-4-11(15)17-12(9)16/h3-4,8,10H,2,5-7H2,1H3,(H,20,21). The van der Waals surface area contributed by atoms with Crippen molar-refractivity contribution in [3.05, 3.63) is 28.0 Å². The molecule has 1 N–H and O–H groups in total. The predicted octanol–water partition coefficient (Wildman–Crippen LogP) is 3.10. The third-order valence-corrected chi connectivity index (χ3v) is 4.38. The van der Waals surface area contributed by atoms with Gasteiger partial charge in [0.1, 0.15) is 16.3 Å². The van der Waals surface area contributed by atoms with Crippen LogP contribution in [-0.2, 0) is 4.79 Å². The van der Waals surface area contributed by atoms with Crippen LogP contribution in [0.2, 0.25) is 10.3 Å². The molecule has 5 nitrogen and oxygen atoms in total. The molecule has 1 fully saturated rings. The third kappa shape index (κ3) is 3.47. The maximum Gasteiger partial charge on any atom is 0.326 e. The number of carboxylic acids is 1. The van der Waals surface area contributed by atoms with E-state index in [2.05, 4.69) is 4.98 Å². The molecule has 1 aliphatic heterocycles. The third-order valence-electron chi connectivity index (χ3n) is 3.88. The number of hydrogen-bond donors (Lipinski definition) is 1. The van der Waals surface area contributed by atoms with Gasteiger partial charge in [0.25, 0.3) is 5.91 Å². The van der Waals surface area contributed by atoms with Crippen LogP contribution in [0.5, 0.6) is 0 Å². The highest BCUT2D eigenvalue weighted by Gasteiger charge is 2.36. The molecule has 0 aromatic carbocycles. The summed E-state index contributed by atoms with van der Waals surface area (Å²) in [6, 6.07) is 2.13. The summed E-state index contributed by atoms with van der Waals surface area (Å²) in [5.41, 5.74) is 0.183. The van der Waals surface area contributed by atoms with Gasteiger partial charge >= 0.3 is 5.97 Å². The zero-order valence-electron chi connectivity index (χ0n) is 11.6. The number of aliphatic carboxylic acids is 1. The largest absolute Gasteiger partial charge is 0.480 e. The number of likely N-dealkylation sites (tertiary alicyclic amines) is 1. The Kier molecular flexibility index (Phi) is 5.06. The van der Waals surface area contributed by atoms with E-state index in [-0.39, 0.29) is 15.9 Å². The Labute approximate surface area is 132 Å². The van der Waals surface area contributed by atoms with E-state index in [0.717, 1.165) is 12.8 Å². The average Bonchev–Trinajstić information content (AvgIpc) is 2.46. The quantitative estimate of drug-likeness (QED) is 0.864. The highest BCUT2D eigenvalue weighted by Crippen LogP contribution is 2.28. The number of amides is 1. The molecule has 2 heterocycles. The molecule has 1 saturated heterocycles. The van der Waals surface area contributed by atoms with Crippen LogP contribution < -0.4 is 0 Å². The van der Waals surface area contributed by atoms with Crippen molar-refractivity contribution in [1.82, 2.24) is 9.88 Å². The second-order valence-electron chi connectivity index (χ2n) is 5.12. The molecule has 7 heteroatoms. The molecule has 2 atom stereocenters. The van der Waals surface area contributed by atoms with E-state index in [9.17, 15) is 14.7 Å². The number of halogens is 2. The summed E-state index contributed by atoms with van der Waals surface area (Å²) in [4.78, 5) is 29.2. The molecule has 0 spiro atoms. The Hall–Kier alpha value is -1.33. The first-order chi connectivity index (χ1) is 9.93. The maximum atomic E-state index is 12.5. The van der Waals surface area contributed by atoms with E-state index in [1.165, 1.54) is 17.0 Å². The lowest BCUT2D eigenvalue weighted by atomic mass is 9.88. The normalized spacial score (nSPS) is 22.1. The van der Waals surface area contributed by atoms with E-state index in [1.807, 2.05) is 6.92 Å². The van der Waals surface area contributed by atoms with Gasteiger partial charge in [-0.2, -0.15) is 0 Å². The van der Waals surface area contributed by atoms with Gasteiger partial charge in [-0.05, 0) is 30.9 Å². The Morgan fingerprint density at radius 1 is 1.43 bits per heavy atom. The van der Waals surface area contributed by atoms with Gasteiger partial charge in [-0.1, -0.05) is 36.5 Å². The van der Waals surface area contributed by atoms with Gasteiger partial charge in [0.15, 0.2) is 0 Å². The van der Waals surface area contributed by atoms with Gasteiger partial charge < -0.3 is 10.0 Å². The van der Waals surface area contributed by atoms with E-state index in [4.69, 9.17) is 23.2 Å². The SMILES string of the molecule is CCC1CCN(C(=O)c2ccc(Cl)nc2Cl)C(C(=O)O)C1. The van der Waals surface area contributed by atoms with Crippen molar-refractivity contribution in [2.75, 3.05) is 6.54 Å². The van der Waals surface area contributed by atoms with Crippen LogP contribution in [-0.4, -0.2) is 39.5 Å². The van der Waals surface area contributed by atoms with Crippen LogP contribution in [0, 0.1) is 5.92 Å². The fourth-order valence-electron chi connectivity index (χ4n) is 2.61. The molecule has 1 aromatic rings. The van der Waals surface area contributed by atoms with Crippen molar-refractivity contribution in [2.24, 2.45) is 5.92 Å². The lowest BCUT2D eigenvalue weighted by molar-refractivity contribution is -0.144.